The first kappa shape index (κ1) is 19.0. The number of carboxylic acid groups (broad SMARTS) is 1. The fourth-order valence-electron chi connectivity index (χ4n) is 1.89. The number of halogens is 1. The number of hydrogen-bond donors (Lipinski definition) is 1. The van der Waals surface area contributed by atoms with Gasteiger partial charge in [0.25, 0.3) is 0 Å². The molecule has 23 heavy (non-hydrogen) atoms. The van der Waals surface area contributed by atoms with E-state index in [0.717, 1.165) is 23.5 Å². The van der Waals surface area contributed by atoms with Gasteiger partial charge in [0.05, 0.1) is 18.4 Å². The molecule has 1 N–H and O–H groups in total. The molecule has 0 aliphatic carbocycles. The monoisotopic (exact) mass is 347 g/mol. The van der Waals surface area contributed by atoms with E-state index in [9.17, 15) is 22.4 Å². The molecular formula is C14H18FNO6S. The molecule has 0 bridgehead atoms. The zero-order valence-electron chi connectivity index (χ0n) is 12.8. The van der Waals surface area contributed by atoms with Gasteiger partial charge in [-0.25, -0.2) is 12.8 Å². The second-order valence-electron chi connectivity index (χ2n) is 4.74. The van der Waals surface area contributed by atoms with Crippen LogP contribution in [0.4, 0.5) is 4.39 Å². The molecule has 0 radical (unpaired) electrons. The average Bonchev–Trinajstić information content (AvgIpc) is 2.48. The summed E-state index contributed by atoms with van der Waals surface area (Å²) < 4.78 is 44.0. The SMILES string of the molecule is CCCN(CC(=O)O)S(=O)(=O)c1ccc(CC(=O)OC)c(F)c1. The molecule has 0 atom stereocenters. The molecule has 1 aromatic rings. The van der Waals surface area contributed by atoms with Crippen LogP contribution >= 0.6 is 0 Å². The molecule has 0 aromatic heterocycles. The molecule has 0 spiro atoms. The Labute approximate surface area is 133 Å². The first-order valence-corrected chi connectivity index (χ1v) is 8.23. The largest absolute Gasteiger partial charge is 0.480 e. The summed E-state index contributed by atoms with van der Waals surface area (Å²) in [5.41, 5.74) is -0.00363. The van der Waals surface area contributed by atoms with E-state index in [0.29, 0.717) is 6.42 Å². The van der Waals surface area contributed by atoms with Crippen molar-refractivity contribution in [3.8, 4) is 0 Å². The Bertz CT molecular complexity index is 689. The minimum atomic E-state index is -4.14. The molecule has 9 heteroatoms. The molecule has 7 nitrogen and oxygen atoms in total. The number of rotatable bonds is 8. The molecule has 0 aliphatic rings. The van der Waals surface area contributed by atoms with Crippen molar-refractivity contribution in [2.45, 2.75) is 24.7 Å². The molecule has 0 saturated carbocycles. The number of hydrogen-bond acceptors (Lipinski definition) is 5. The number of nitrogens with zero attached hydrogens (tertiary/aromatic N) is 1. The van der Waals surface area contributed by atoms with Crippen molar-refractivity contribution in [2.24, 2.45) is 0 Å². The second kappa shape index (κ2) is 8.02. The third-order valence-corrected chi connectivity index (χ3v) is 4.85. The smallest absolute Gasteiger partial charge is 0.318 e. The Morgan fingerprint density at radius 1 is 1.35 bits per heavy atom. The predicted octanol–water partition coefficient (Wildman–Crippen LogP) is 1.03. The fraction of sp³-hybridized carbons (Fsp3) is 0.429. The van der Waals surface area contributed by atoms with Gasteiger partial charge in [-0.05, 0) is 24.1 Å². The lowest BCUT2D eigenvalue weighted by Crippen LogP contribution is -2.36. The maximum atomic E-state index is 14.0. The van der Waals surface area contributed by atoms with Crippen molar-refractivity contribution in [3.05, 3.63) is 29.6 Å². The summed E-state index contributed by atoms with van der Waals surface area (Å²) in [5.74, 6) is -2.83. The van der Waals surface area contributed by atoms with Gasteiger partial charge >= 0.3 is 11.9 Å². The Hall–Kier alpha value is -2.00. The maximum absolute atomic E-state index is 14.0. The fourth-order valence-corrected chi connectivity index (χ4v) is 3.39. The molecular weight excluding hydrogens is 329 g/mol. The highest BCUT2D eigenvalue weighted by molar-refractivity contribution is 7.89. The minimum Gasteiger partial charge on any atom is -0.480 e. The van der Waals surface area contributed by atoms with Crippen LogP contribution in [0, 0.1) is 5.82 Å². The van der Waals surface area contributed by atoms with E-state index in [4.69, 9.17) is 5.11 Å². The van der Waals surface area contributed by atoms with E-state index >= 15 is 0 Å². The van der Waals surface area contributed by atoms with Crippen molar-refractivity contribution in [3.63, 3.8) is 0 Å². The van der Waals surface area contributed by atoms with Gasteiger partial charge in [-0.2, -0.15) is 4.31 Å². The van der Waals surface area contributed by atoms with E-state index < -0.39 is 34.3 Å². The van der Waals surface area contributed by atoms with Crippen LogP contribution in [-0.2, 0) is 30.8 Å². The van der Waals surface area contributed by atoms with Crippen LogP contribution in [-0.4, -0.2) is 50.0 Å². The maximum Gasteiger partial charge on any atom is 0.318 e. The summed E-state index contributed by atoms with van der Waals surface area (Å²) >= 11 is 0. The highest BCUT2D eigenvalue weighted by atomic mass is 32.2. The van der Waals surface area contributed by atoms with Gasteiger partial charge in [-0.15, -0.1) is 0 Å². The molecule has 1 aromatic carbocycles. The number of carbonyl (C=O) groups excluding carboxylic acids is 1. The number of ether oxygens (including phenoxy) is 1. The number of sulfonamides is 1. The van der Waals surface area contributed by atoms with Crippen LogP contribution in [0.3, 0.4) is 0 Å². The minimum absolute atomic E-state index is 0.000163. The average molecular weight is 347 g/mol. The molecule has 0 fully saturated rings. The zero-order valence-corrected chi connectivity index (χ0v) is 13.6. The van der Waals surface area contributed by atoms with Crippen LogP contribution in [0.2, 0.25) is 0 Å². The Kier molecular flexibility index (Phi) is 6.64. The van der Waals surface area contributed by atoms with E-state index in [1.807, 2.05) is 0 Å². The van der Waals surface area contributed by atoms with E-state index in [1.165, 1.54) is 6.07 Å². The van der Waals surface area contributed by atoms with Gasteiger partial charge in [-0.1, -0.05) is 13.0 Å². The Balaban J connectivity index is 3.14. The summed E-state index contributed by atoms with van der Waals surface area (Å²) in [4.78, 5) is 21.6. The summed E-state index contributed by atoms with van der Waals surface area (Å²) in [5, 5.41) is 8.81. The van der Waals surface area contributed by atoms with Gasteiger partial charge < -0.3 is 9.84 Å². The van der Waals surface area contributed by atoms with Crippen LogP contribution < -0.4 is 0 Å². The number of carbonyl (C=O) groups is 2. The highest BCUT2D eigenvalue weighted by Gasteiger charge is 2.26. The Morgan fingerprint density at radius 2 is 2.00 bits per heavy atom. The third-order valence-electron chi connectivity index (χ3n) is 3.01. The van der Waals surface area contributed by atoms with Gasteiger partial charge in [-0.3, -0.25) is 9.59 Å². The number of benzene rings is 1. The molecule has 0 heterocycles. The number of carboxylic acids is 1. The molecule has 1 rings (SSSR count). The summed E-state index contributed by atoms with van der Waals surface area (Å²) in [6.07, 6.45) is 0.0892. The topological polar surface area (TPSA) is 101 Å². The lowest BCUT2D eigenvalue weighted by Gasteiger charge is -2.19. The summed E-state index contributed by atoms with van der Waals surface area (Å²) in [6.45, 7) is 0.992. The van der Waals surface area contributed by atoms with Crippen molar-refractivity contribution in [1.29, 1.82) is 0 Å². The summed E-state index contributed by atoms with van der Waals surface area (Å²) in [6, 6.07) is 3.09. The number of aliphatic carboxylic acids is 1. The quantitative estimate of drug-likeness (QED) is 0.705. The number of esters is 1. The van der Waals surface area contributed by atoms with Crippen molar-refractivity contribution in [2.75, 3.05) is 20.2 Å². The first-order chi connectivity index (χ1) is 10.7. The Morgan fingerprint density at radius 3 is 2.48 bits per heavy atom. The first-order valence-electron chi connectivity index (χ1n) is 6.79. The van der Waals surface area contributed by atoms with Gasteiger partial charge in [0.2, 0.25) is 10.0 Å². The lowest BCUT2D eigenvalue weighted by molar-refractivity contribution is -0.140. The highest BCUT2D eigenvalue weighted by Crippen LogP contribution is 2.20. The molecule has 0 aliphatic heterocycles. The van der Waals surface area contributed by atoms with Gasteiger partial charge in [0, 0.05) is 6.54 Å². The van der Waals surface area contributed by atoms with Gasteiger partial charge in [0.15, 0.2) is 0 Å². The molecule has 0 amide bonds. The number of methoxy groups -OCH3 is 1. The van der Waals surface area contributed by atoms with Crippen molar-refractivity contribution >= 4 is 22.0 Å². The van der Waals surface area contributed by atoms with Crippen LogP contribution in [0.25, 0.3) is 0 Å². The lowest BCUT2D eigenvalue weighted by atomic mass is 10.1. The molecule has 0 unspecified atom stereocenters. The zero-order chi connectivity index (χ0) is 17.6. The molecule has 128 valence electrons. The van der Waals surface area contributed by atoms with Crippen LogP contribution in [0.5, 0.6) is 0 Å². The van der Waals surface area contributed by atoms with E-state index in [-0.39, 0.29) is 23.4 Å². The second-order valence-corrected chi connectivity index (χ2v) is 6.68. The van der Waals surface area contributed by atoms with Crippen molar-refractivity contribution < 1.29 is 32.2 Å². The normalized spacial score (nSPS) is 11.5. The third kappa shape index (κ3) is 5.00. The van der Waals surface area contributed by atoms with Crippen LogP contribution in [0.1, 0.15) is 18.9 Å². The van der Waals surface area contributed by atoms with Crippen LogP contribution in [0.15, 0.2) is 23.1 Å². The van der Waals surface area contributed by atoms with Gasteiger partial charge in [0.1, 0.15) is 12.4 Å². The standard InChI is InChI=1S/C14H18FNO6S/c1-3-6-16(9-13(17)18)23(20,21)11-5-4-10(12(15)8-11)7-14(19)22-2/h4-5,8H,3,6-7,9H2,1-2H3,(H,17,18). The van der Waals surface area contributed by atoms with E-state index in [1.54, 1.807) is 6.92 Å². The predicted molar refractivity (Wildman–Crippen MR) is 78.8 cm³/mol. The van der Waals surface area contributed by atoms with E-state index in [2.05, 4.69) is 4.74 Å². The molecule has 0 saturated heterocycles. The summed E-state index contributed by atoms with van der Waals surface area (Å²) in [7, 11) is -2.97. The van der Waals surface area contributed by atoms with Crippen molar-refractivity contribution in [1.82, 2.24) is 4.31 Å².